The minimum absolute atomic E-state index is 0.0664. The molecule has 1 aliphatic carbocycles. The number of nitrogens with two attached hydrogens (primary N) is 1. The summed E-state index contributed by atoms with van der Waals surface area (Å²) < 4.78 is 28.0. The Morgan fingerprint density at radius 3 is 2.61 bits per heavy atom. The number of rotatable bonds is 5. The quantitative estimate of drug-likeness (QED) is 0.800. The van der Waals surface area contributed by atoms with E-state index in [4.69, 9.17) is 5.73 Å². The Labute approximate surface area is 110 Å². The van der Waals surface area contributed by atoms with Crippen LogP contribution in [0.3, 0.4) is 0 Å². The molecule has 2 unspecified atom stereocenters. The van der Waals surface area contributed by atoms with Crippen molar-refractivity contribution in [2.75, 3.05) is 26.7 Å². The second kappa shape index (κ2) is 5.45. The molecule has 0 aromatic carbocycles. The molecule has 0 spiro atoms. The fourth-order valence-electron chi connectivity index (χ4n) is 2.57. The number of hydrogen-bond donors (Lipinski definition) is 1. The maximum absolute atomic E-state index is 12.4. The molecule has 0 bridgehead atoms. The van der Waals surface area contributed by atoms with E-state index in [-0.39, 0.29) is 6.04 Å². The molecule has 2 rings (SSSR count). The first-order valence-corrected chi connectivity index (χ1v) is 8.28. The van der Waals surface area contributed by atoms with Crippen LogP contribution in [0.15, 0.2) is 0 Å². The van der Waals surface area contributed by atoms with Crippen LogP contribution < -0.4 is 5.73 Å². The summed E-state index contributed by atoms with van der Waals surface area (Å²) in [6.45, 7) is 3.85. The van der Waals surface area contributed by atoms with Gasteiger partial charge in [0.2, 0.25) is 0 Å². The molecule has 2 atom stereocenters. The standard InChI is InChI=1S/C12H25N3O2S/c1-10(13)12-4-3-7-15(9-12)18(16,17)14(2)8-11-5-6-11/h10-12H,3-9,13H2,1-2H3. The van der Waals surface area contributed by atoms with Gasteiger partial charge < -0.3 is 5.73 Å². The third kappa shape index (κ3) is 3.23. The van der Waals surface area contributed by atoms with Gasteiger partial charge in [-0.15, -0.1) is 0 Å². The van der Waals surface area contributed by atoms with Crippen LogP contribution in [0.5, 0.6) is 0 Å². The van der Waals surface area contributed by atoms with Gasteiger partial charge in [0, 0.05) is 32.7 Å². The van der Waals surface area contributed by atoms with Crippen molar-refractivity contribution in [1.82, 2.24) is 8.61 Å². The SMILES string of the molecule is CC(N)C1CCCN(S(=O)(=O)N(C)CC2CC2)C1. The third-order valence-electron chi connectivity index (χ3n) is 4.10. The third-order valence-corrected chi connectivity index (χ3v) is 6.02. The van der Waals surface area contributed by atoms with Crippen LogP contribution >= 0.6 is 0 Å². The van der Waals surface area contributed by atoms with Gasteiger partial charge >= 0.3 is 0 Å². The van der Waals surface area contributed by atoms with Crippen molar-refractivity contribution in [2.24, 2.45) is 17.6 Å². The van der Waals surface area contributed by atoms with Crippen molar-refractivity contribution < 1.29 is 8.42 Å². The van der Waals surface area contributed by atoms with Crippen LogP contribution in [-0.4, -0.2) is 49.8 Å². The predicted molar refractivity (Wildman–Crippen MR) is 72.2 cm³/mol. The van der Waals surface area contributed by atoms with E-state index in [1.54, 1.807) is 11.4 Å². The summed E-state index contributed by atoms with van der Waals surface area (Å²) in [5.41, 5.74) is 5.90. The maximum atomic E-state index is 12.4. The van der Waals surface area contributed by atoms with E-state index in [9.17, 15) is 8.42 Å². The van der Waals surface area contributed by atoms with Gasteiger partial charge in [-0.3, -0.25) is 0 Å². The predicted octanol–water partition coefficient (Wildman–Crippen LogP) is 0.632. The molecule has 1 saturated carbocycles. The first-order chi connectivity index (χ1) is 8.41. The lowest BCUT2D eigenvalue weighted by atomic mass is 9.93. The van der Waals surface area contributed by atoms with Gasteiger partial charge in [-0.2, -0.15) is 17.0 Å². The first kappa shape index (κ1) is 14.2. The Balaban J connectivity index is 1.99. The minimum Gasteiger partial charge on any atom is -0.328 e. The van der Waals surface area contributed by atoms with E-state index in [1.165, 1.54) is 17.1 Å². The Morgan fingerprint density at radius 2 is 2.06 bits per heavy atom. The summed E-state index contributed by atoms with van der Waals surface area (Å²) in [5.74, 6) is 0.877. The van der Waals surface area contributed by atoms with Crippen LogP contribution in [0.25, 0.3) is 0 Å². The van der Waals surface area contributed by atoms with E-state index in [2.05, 4.69) is 0 Å². The van der Waals surface area contributed by atoms with Crippen molar-refractivity contribution in [3.8, 4) is 0 Å². The molecule has 1 aliphatic heterocycles. The second-order valence-corrected chi connectivity index (χ2v) is 7.89. The zero-order chi connectivity index (χ0) is 13.3. The van der Waals surface area contributed by atoms with Crippen molar-refractivity contribution in [1.29, 1.82) is 0 Å². The molecule has 2 fully saturated rings. The molecule has 5 nitrogen and oxygen atoms in total. The van der Waals surface area contributed by atoms with Gasteiger partial charge in [-0.1, -0.05) is 0 Å². The van der Waals surface area contributed by atoms with Crippen molar-refractivity contribution in [3.05, 3.63) is 0 Å². The highest BCUT2D eigenvalue weighted by molar-refractivity contribution is 7.86. The Bertz CT molecular complexity index is 379. The van der Waals surface area contributed by atoms with Crippen LogP contribution in [0.1, 0.15) is 32.6 Å². The second-order valence-electron chi connectivity index (χ2n) is 5.85. The molecule has 0 aromatic heterocycles. The van der Waals surface area contributed by atoms with E-state index < -0.39 is 10.2 Å². The topological polar surface area (TPSA) is 66.6 Å². The molecule has 0 radical (unpaired) electrons. The van der Waals surface area contributed by atoms with Gasteiger partial charge in [0.05, 0.1) is 0 Å². The maximum Gasteiger partial charge on any atom is 0.281 e. The van der Waals surface area contributed by atoms with Gasteiger partial charge in [0.25, 0.3) is 10.2 Å². The lowest BCUT2D eigenvalue weighted by molar-refractivity contribution is 0.230. The van der Waals surface area contributed by atoms with Crippen molar-refractivity contribution >= 4 is 10.2 Å². The van der Waals surface area contributed by atoms with E-state index in [1.807, 2.05) is 6.92 Å². The summed E-state index contributed by atoms with van der Waals surface area (Å²) in [7, 11) is -1.57. The Morgan fingerprint density at radius 1 is 1.39 bits per heavy atom. The minimum atomic E-state index is -3.27. The zero-order valence-electron chi connectivity index (χ0n) is 11.4. The number of piperidine rings is 1. The van der Waals surface area contributed by atoms with Gasteiger partial charge in [0.15, 0.2) is 0 Å². The molecule has 1 heterocycles. The van der Waals surface area contributed by atoms with Crippen molar-refractivity contribution in [2.45, 2.75) is 38.6 Å². The lowest BCUT2D eigenvalue weighted by Gasteiger charge is -2.35. The molecule has 0 amide bonds. The van der Waals surface area contributed by atoms with E-state index in [0.717, 1.165) is 12.8 Å². The highest BCUT2D eigenvalue weighted by Gasteiger charge is 2.35. The van der Waals surface area contributed by atoms with E-state index >= 15 is 0 Å². The zero-order valence-corrected chi connectivity index (χ0v) is 12.2. The fraction of sp³-hybridized carbons (Fsp3) is 1.00. The van der Waals surface area contributed by atoms with Gasteiger partial charge in [-0.25, -0.2) is 0 Å². The van der Waals surface area contributed by atoms with Crippen LogP contribution in [-0.2, 0) is 10.2 Å². The number of nitrogens with zero attached hydrogens (tertiary/aromatic N) is 2. The smallest absolute Gasteiger partial charge is 0.281 e. The van der Waals surface area contributed by atoms with Crippen molar-refractivity contribution in [3.63, 3.8) is 0 Å². The van der Waals surface area contributed by atoms with Gasteiger partial charge in [-0.05, 0) is 44.4 Å². The summed E-state index contributed by atoms with van der Waals surface area (Å²) in [6, 6.07) is 0.0664. The highest BCUT2D eigenvalue weighted by Crippen LogP contribution is 2.31. The van der Waals surface area contributed by atoms with Gasteiger partial charge in [0.1, 0.15) is 0 Å². The normalized spacial score (nSPS) is 28.6. The molecule has 2 aliphatic rings. The Hall–Kier alpha value is -0.170. The highest BCUT2D eigenvalue weighted by atomic mass is 32.2. The van der Waals surface area contributed by atoms with Crippen LogP contribution in [0.4, 0.5) is 0 Å². The molecular weight excluding hydrogens is 250 g/mol. The summed E-state index contributed by atoms with van der Waals surface area (Å²) in [6.07, 6.45) is 4.30. The molecule has 18 heavy (non-hydrogen) atoms. The van der Waals surface area contributed by atoms with E-state index in [0.29, 0.717) is 31.5 Å². The number of hydrogen-bond acceptors (Lipinski definition) is 3. The molecule has 2 N–H and O–H groups in total. The lowest BCUT2D eigenvalue weighted by Crippen LogP contribution is -2.49. The fourth-order valence-corrected chi connectivity index (χ4v) is 4.10. The van der Waals surface area contributed by atoms with Crippen LogP contribution in [0.2, 0.25) is 0 Å². The Kier molecular flexibility index (Phi) is 4.31. The summed E-state index contributed by atoms with van der Waals surface area (Å²) in [5, 5.41) is 0. The molecule has 106 valence electrons. The molecule has 0 aromatic rings. The first-order valence-electron chi connectivity index (χ1n) is 6.88. The molecule has 6 heteroatoms. The van der Waals surface area contributed by atoms with Crippen LogP contribution in [0, 0.1) is 11.8 Å². The molecular formula is C12H25N3O2S. The average Bonchev–Trinajstić information content (AvgIpc) is 3.13. The monoisotopic (exact) mass is 275 g/mol. The summed E-state index contributed by atoms with van der Waals surface area (Å²) >= 11 is 0. The summed E-state index contributed by atoms with van der Waals surface area (Å²) in [4.78, 5) is 0. The largest absolute Gasteiger partial charge is 0.328 e. The average molecular weight is 275 g/mol. The molecule has 1 saturated heterocycles.